The van der Waals surface area contributed by atoms with Gasteiger partial charge in [0.05, 0.1) is 5.52 Å². The molecule has 0 bridgehead atoms. The number of para-hydroxylation sites is 2. The average molecular weight is 199 g/mol. The number of hydrogen-bond donors (Lipinski definition) is 1. The Morgan fingerprint density at radius 3 is 2.40 bits per heavy atom. The molecule has 2 aromatic carbocycles. The normalized spacial score (nSPS) is 11.3. The van der Waals surface area contributed by atoms with Crippen molar-refractivity contribution in [2.24, 2.45) is 0 Å². The van der Waals surface area contributed by atoms with Crippen LogP contribution < -0.4 is 0 Å². The Labute approximate surface area is 86.5 Å². The fraction of sp³-hybridized carbons (Fsp3) is 0.0769. The number of aryl methyl sites for hydroxylation is 1. The predicted octanol–water partition coefficient (Wildman–Crippen LogP) is 3.77. The van der Waals surface area contributed by atoms with Gasteiger partial charge in [-0.2, -0.15) is 0 Å². The molecule has 0 saturated carbocycles. The van der Waals surface area contributed by atoms with E-state index in [0.29, 0.717) is 5.52 Å². The van der Waals surface area contributed by atoms with Crippen molar-refractivity contribution in [2.45, 2.75) is 6.92 Å². The molecule has 0 spiro atoms. The number of aromatic nitrogens is 1. The Morgan fingerprint density at radius 2 is 1.60 bits per heavy atom. The highest BCUT2D eigenvalue weighted by Gasteiger charge is 2.08. The highest BCUT2D eigenvalue weighted by atomic mass is 19.1. The van der Waals surface area contributed by atoms with Gasteiger partial charge in [-0.1, -0.05) is 30.3 Å². The zero-order valence-electron chi connectivity index (χ0n) is 8.34. The minimum Gasteiger partial charge on any atom is -0.352 e. The summed E-state index contributed by atoms with van der Waals surface area (Å²) in [6.45, 7) is 2.02. The molecule has 0 atom stereocenters. The van der Waals surface area contributed by atoms with Crippen molar-refractivity contribution in [1.29, 1.82) is 0 Å². The van der Waals surface area contributed by atoms with E-state index in [9.17, 15) is 4.39 Å². The predicted molar refractivity (Wildman–Crippen MR) is 60.5 cm³/mol. The number of benzene rings is 2. The lowest BCUT2D eigenvalue weighted by Gasteiger charge is -1.93. The van der Waals surface area contributed by atoms with Gasteiger partial charge in [-0.15, -0.1) is 0 Å². The molecule has 0 unspecified atom stereocenters. The molecule has 0 saturated heterocycles. The van der Waals surface area contributed by atoms with Crippen LogP contribution in [0.15, 0.2) is 36.4 Å². The summed E-state index contributed by atoms with van der Waals surface area (Å²) in [5.74, 6) is -0.192. The van der Waals surface area contributed by atoms with Crippen molar-refractivity contribution in [3.8, 4) is 0 Å². The summed E-state index contributed by atoms with van der Waals surface area (Å²) >= 11 is 0. The van der Waals surface area contributed by atoms with Gasteiger partial charge in [-0.25, -0.2) is 4.39 Å². The van der Waals surface area contributed by atoms with Crippen molar-refractivity contribution >= 4 is 21.8 Å². The maximum Gasteiger partial charge on any atom is 0.147 e. The third-order valence-corrected chi connectivity index (χ3v) is 2.83. The first-order valence-corrected chi connectivity index (χ1v) is 4.93. The van der Waals surface area contributed by atoms with Crippen LogP contribution in [0, 0.1) is 12.7 Å². The molecular formula is C13H10FN. The summed E-state index contributed by atoms with van der Waals surface area (Å²) in [6, 6.07) is 11.2. The van der Waals surface area contributed by atoms with Gasteiger partial charge >= 0.3 is 0 Å². The lowest BCUT2D eigenvalue weighted by molar-refractivity contribution is 0.637. The van der Waals surface area contributed by atoms with Gasteiger partial charge in [-0.3, -0.25) is 0 Å². The van der Waals surface area contributed by atoms with E-state index in [0.717, 1.165) is 21.9 Å². The summed E-state index contributed by atoms with van der Waals surface area (Å²) in [6.07, 6.45) is 0. The van der Waals surface area contributed by atoms with E-state index in [2.05, 4.69) is 4.98 Å². The van der Waals surface area contributed by atoms with Crippen LogP contribution in [0.3, 0.4) is 0 Å². The highest BCUT2D eigenvalue weighted by Crippen LogP contribution is 2.28. The molecule has 2 heteroatoms. The number of fused-ring (bicyclic) bond motifs is 3. The van der Waals surface area contributed by atoms with Crippen molar-refractivity contribution in [2.75, 3.05) is 0 Å². The van der Waals surface area contributed by atoms with Gasteiger partial charge in [0, 0.05) is 16.3 Å². The van der Waals surface area contributed by atoms with Crippen LogP contribution in [-0.4, -0.2) is 4.98 Å². The minimum atomic E-state index is -0.192. The first-order chi connectivity index (χ1) is 7.27. The molecule has 3 aromatic rings. The molecule has 1 aromatic heterocycles. The second-order valence-electron chi connectivity index (χ2n) is 3.78. The number of rotatable bonds is 0. The molecule has 0 amide bonds. The highest BCUT2D eigenvalue weighted by molar-refractivity contribution is 6.08. The standard InChI is InChI=1S/C13H10FN/c1-8-4-2-5-9-10-6-3-7-11(14)13(10)15-12(8)9/h2-7,15H,1H3. The Hall–Kier alpha value is -1.83. The van der Waals surface area contributed by atoms with Crippen LogP contribution in [0.5, 0.6) is 0 Å². The molecule has 1 N–H and O–H groups in total. The Balaban J connectivity index is 2.63. The fourth-order valence-corrected chi connectivity index (χ4v) is 2.06. The van der Waals surface area contributed by atoms with Crippen LogP contribution >= 0.6 is 0 Å². The lowest BCUT2D eigenvalue weighted by Crippen LogP contribution is -1.75. The smallest absolute Gasteiger partial charge is 0.147 e. The largest absolute Gasteiger partial charge is 0.352 e. The lowest BCUT2D eigenvalue weighted by atomic mass is 10.1. The maximum atomic E-state index is 13.5. The SMILES string of the molecule is Cc1cccc2c1[nH]c1c(F)cccc12. The fourth-order valence-electron chi connectivity index (χ4n) is 2.06. The summed E-state index contributed by atoms with van der Waals surface area (Å²) in [5, 5.41) is 2.04. The van der Waals surface area contributed by atoms with Crippen LogP contribution in [0.1, 0.15) is 5.56 Å². The van der Waals surface area contributed by atoms with Crippen molar-refractivity contribution in [3.63, 3.8) is 0 Å². The quantitative estimate of drug-likeness (QED) is 0.567. The second-order valence-corrected chi connectivity index (χ2v) is 3.78. The monoisotopic (exact) mass is 199 g/mol. The molecule has 0 aliphatic heterocycles. The number of nitrogens with one attached hydrogen (secondary N) is 1. The van der Waals surface area contributed by atoms with Gasteiger partial charge in [0.2, 0.25) is 0 Å². The van der Waals surface area contributed by atoms with E-state index in [1.165, 1.54) is 6.07 Å². The number of H-pyrrole nitrogens is 1. The molecule has 0 aliphatic rings. The first kappa shape index (κ1) is 8.48. The summed E-state index contributed by atoms with van der Waals surface area (Å²) < 4.78 is 13.5. The minimum absolute atomic E-state index is 0.192. The molecule has 1 nitrogen and oxygen atoms in total. The molecule has 3 rings (SSSR count). The third-order valence-electron chi connectivity index (χ3n) is 2.83. The summed E-state index contributed by atoms with van der Waals surface area (Å²) in [7, 11) is 0. The van der Waals surface area contributed by atoms with Gasteiger partial charge in [0.25, 0.3) is 0 Å². The maximum absolute atomic E-state index is 13.5. The number of aromatic amines is 1. The molecular weight excluding hydrogens is 189 g/mol. The Morgan fingerprint density at radius 1 is 0.933 bits per heavy atom. The Kier molecular flexibility index (Phi) is 1.60. The van der Waals surface area contributed by atoms with E-state index >= 15 is 0 Å². The van der Waals surface area contributed by atoms with E-state index in [4.69, 9.17) is 0 Å². The Bertz CT molecular complexity index is 596. The molecule has 0 aliphatic carbocycles. The molecule has 15 heavy (non-hydrogen) atoms. The van der Waals surface area contributed by atoms with Crippen LogP contribution in [0.25, 0.3) is 21.8 Å². The molecule has 1 heterocycles. The van der Waals surface area contributed by atoms with Gasteiger partial charge in [-0.05, 0) is 18.6 Å². The van der Waals surface area contributed by atoms with Crippen molar-refractivity contribution in [3.05, 3.63) is 47.8 Å². The number of halogens is 1. The first-order valence-electron chi connectivity index (χ1n) is 4.93. The topological polar surface area (TPSA) is 15.8 Å². The number of hydrogen-bond acceptors (Lipinski definition) is 0. The summed E-state index contributed by atoms with van der Waals surface area (Å²) in [4.78, 5) is 3.14. The molecule has 0 fully saturated rings. The summed E-state index contributed by atoms with van der Waals surface area (Å²) in [5.41, 5.74) is 2.77. The van der Waals surface area contributed by atoms with Crippen LogP contribution in [0.4, 0.5) is 4.39 Å². The van der Waals surface area contributed by atoms with E-state index in [1.807, 2.05) is 31.2 Å². The van der Waals surface area contributed by atoms with Gasteiger partial charge < -0.3 is 4.98 Å². The van der Waals surface area contributed by atoms with Crippen molar-refractivity contribution < 1.29 is 4.39 Å². The average Bonchev–Trinajstić information content (AvgIpc) is 2.60. The van der Waals surface area contributed by atoms with Crippen LogP contribution in [-0.2, 0) is 0 Å². The second kappa shape index (κ2) is 2.83. The third kappa shape index (κ3) is 1.08. The van der Waals surface area contributed by atoms with E-state index in [-0.39, 0.29) is 5.82 Å². The molecule has 0 radical (unpaired) electrons. The van der Waals surface area contributed by atoms with Crippen LogP contribution in [0.2, 0.25) is 0 Å². The van der Waals surface area contributed by atoms with Gasteiger partial charge in [0.1, 0.15) is 5.82 Å². The molecule has 74 valence electrons. The van der Waals surface area contributed by atoms with Gasteiger partial charge in [0.15, 0.2) is 0 Å². The zero-order valence-corrected chi connectivity index (χ0v) is 8.34. The van der Waals surface area contributed by atoms with Crippen molar-refractivity contribution in [1.82, 2.24) is 4.98 Å². The van der Waals surface area contributed by atoms with E-state index < -0.39 is 0 Å². The zero-order chi connectivity index (χ0) is 10.4. The van der Waals surface area contributed by atoms with E-state index in [1.54, 1.807) is 6.07 Å².